The van der Waals surface area contributed by atoms with Crippen LogP contribution in [0.1, 0.15) is 29.3 Å². The zero-order valence-electron chi connectivity index (χ0n) is 10.5. The van der Waals surface area contributed by atoms with Crippen LogP contribution in [0.3, 0.4) is 0 Å². The predicted molar refractivity (Wildman–Crippen MR) is 64.7 cm³/mol. The summed E-state index contributed by atoms with van der Waals surface area (Å²) in [6.45, 7) is 3.91. The van der Waals surface area contributed by atoms with Crippen LogP contribution in [-0.2, 0) is 9.53 Å². The van der Waals surface area contributed by atoms with E-state index in [1.165, 1.54) is 12.1 Å². The van der Waals surface area contributed by atoms with Crippen LogP contribution in [0.2, 0.25) is 0 Å². The third-order valence-electron chi connectivity index (χ3n) is 2.29. The van der Waals surface area contributed by atoms with Crippen LogP contribution in [0.25, 0.3) is 0 Å². The van der Waals surface area contributed by atoms with Crippen molar-refractivity contribution in [2.75, 3.05) is 13.2 Å². The number of ether oxygens (including phenoxy) is 1. The molecular formula is C13H16FNO3. The number of carbonyl (C=O) groups is 2. The number of rotatable bonds is 5. The van der Waals surface area contributed by atoms with Gasteiger partial charge >= 0.3 is 5.97 Å². The van der Waals surface area contributed by atoms with E-state index in [4.69, 9.17) is 4.74 Å². The fourth-order valence-electron chi connectivity index (χ4n) is 1.42. The van der Waals surface area contributed by atoms with Gasteiger partial charge in [0.05, 0.1) is 18.6 Å². The molecule has 98 valence electrons. The van der Waals surface area contributed by atoms with Crippen LogP contribution in [0.15, 0.2) is 18.2 Å². The van der Waals surface area contributed by atoms with E-state index in [2.05, 4.69) is 5.32 Å². The fraction of sp³-hybridized carbons (Fsp3) is 0.385. The molecule has 0 fully saturated rings. The number of aryl methyl sites for hydroxylation is 1. The molecule has 0 saturated carbocycles. The van der Waals surface area contributed by atoms with Crippen LogP contribution >= 0.6 is 0 Å². The summed E-state index contributed by atoms with van der Waals surface area (Å²) in [7, 11) is 0. The van der Waals surface area contributed by atoms with Crippen molar-refractivity contribution in [2.45, 2.75) is 20.3 Å². The van der Waals surface area contributed by atoms with Gasteiger partial charge in [-0.2, -0.15) is 0 Å². The molecule has 4 nitrogen and oxygen atoms in total. The number of benzene rings is 1. The minimum Gasteiger partial charge on any atom is -0.466 e. The van der Waals surface area contributed by atoms with Crippen molar-refractivity contribution < 1.29 is 18.7 Å². The highest BCUT2D eigenvalue weighted by Gasteiger charge is 2.11. The Morgan fingerprint density at radius 2 is 2.11 bits per heavy atom. The first-order valence-electron chi connectivity index (χ1n) is 5.74. The molecule has 0 spiro atoms. The van der Waals surface area contributed by atoms with Gasteiger partial charge in [-0.3, -0.25) is 9.59 Å². The Kier molecular flexibility index (Phi) is 5.30. The molecule has 1 aromatic rings. The van der Waals surface area contributed by atoms with Crippen molar-refractivity contribution in [3.05, 3.63) is 35.1 Å². The quantitative estimate of drug-likeness (QED) is 0.814. The van der Waals surface area contributed by atoms with Crippen molar-refractivity contribution >= 4 is 11.9 Å². The molecular weight excluding hydrogens is 237 g/mol. The van der Waals surface area contributed by atoms with Crippen LogP contribution in [-0.4, -0.2) is 25.0 Å². The molecule has 0 bridgehead atoms. The lowest BCUT2D eigenvalue weighted by molar-refractivity contribution is -0.142. The van der Waals surface area contributed by atoms with E-state index in [1.807, 2.05) is 0 Å². The number of esters is 1. The molecule has 0 aliphatic carbocycles. The lowest BCUT2D eigenvalue weighted by atomic mass is 10.1. The summed E-state index contributed by atoms with van der Waals surface area (Å²) < 4.78 is 18.1. The van der Waals surface area contributed by atoms with Crippen molar-refractivity contribution in [3.63, 3.8) is 0 Å². The number of hydrogen-bond donors (Lipinski definition) is 1. The summed E-state index contributed by atoms with van der Waals surface area (Å²) in [4.78, 5) is 22.7. The predicted octanol–water partition coefficient (Wildman–Crippen LogP) is 1.82. The van der Waals surface area contributed by atoms with Gasteiger partial charge in [-0.05, 0) is 26.0 Å². The first kappa shape index (κ1) is 14.2. The van der Waals surface area contributed by atoms with Crippen LogP contribution in [0.4, 0.5) is 4.39 Å². The van der Waals surface area contributed by atoms with Gasteiger partial charge in [0.15, 0.2) is 0 Å². The highest BCUT2D eigenvalue weighted by molar-refractivity contribution is 5.94. The molecule has 1 rings (SSSR count). The first-order chi connectivity index (χ1) is 8.54. The second kappa shape index (κ2) is 6.74. The molecule has 5 heteroatoms. The molecule has 1 aromatic carbocycles. The molecule has 0 saturated heterocycles. The van der Waals surface area contributed by atoms with Crippen LogP contribution < -0.4 is 5.32 Å². The monoisotopic (exact) mass is 253 g/mol. The van der Waals surface area contributed by atoms with Gasteiger partial charge in [-0.15, -0.1) is 0 Å². The average molecular weight is 253 g/mol. The van der Waals surface area contributed by atoms with E-state index in [-0.39, 0.29) is 24.5 Å². The summed E-state index contributed by atoms with van der Waals surface area (Å²) >= 11 is 0. The number of hydrogen-bond acceptors (Lipinski definition) is 3. The van der Waals surface area contributed by atoms with Crippen LogP contribution in [0.5, 0.6) is 0 Å². The van der Waals surface area contributed by atoms with E-state index >= 15 is 0 Å². The summed E-state index contributed by atoms with van der Waals surface area (Å²) in [6.07, 6.45) is 0.0764. The van der Waals surface area contributed by atoms with Crippen molar-refractivity contribution in [1.29, 1.82) is 0 Å². The lowest BCUT2D eigenvalue weighted by Crippen LogP contribution is -2.27. The molecule has 0 heterocycles. The molecule has 0 atom stereocenters. The highest BCUT2D eigenvalue weighted by Crippen LogP contribution is 2.09. The number of carbonyl (C=O) groups excluding carboxylic acids is 2. The second-order valence-electron chi connectivity index (χ2n) is 3.79. The zero-order chi connectivity index (χ0) is 13.5. The van der Waals surface area contributed by atoms with Crippen LogP contribution in [0, 0.1) is 12.7 Å². The number of halogens is 1. The van der Waals surface area contributed by atoms with Gasteiger partial charge in [0.25, 0.3) is 5.91 Å². The number of amides is 1. The van der Waals surface area contributed by atoms with E-state index in [0.717, 1.165) is 5.56 Å². The molecule has 1 N–H and O–H groups in total. The highest BCUT2D eigenvalue weighted by atomic mass is 19.1. The Hall–Kier alpha value is -1.91. The molecule has 1 amide bonds. The minimum atomic E-state index is -0.575. The van der Waals surface area contributed by atoms with Gasteiger partial charge in [0, 0.05) is 6.54 Å². The average Bonchev–Trinajstić information content (AvgIpc) is 2.32. The standard InChI is InChI=1S/C13H16FNO3/c1-3-18-12(16)6-7-15-13(17)10-8-9(2)4-5-11(10)14/h4-5,8H,3,6-7H2,1-2H3,(H,15,17). The molecule has 0 aliphatic rings. The second-order valence-corrected chi connectivity index (χ2v) is 3.79. The smallest absolute Gasteiger partial charge is 0.307 e. The molecule has 0 aliphatic heterocycles. The van der Waals surface area contributed by atoms with E-state index in [0.29, 0.717) is 6.61 Å². The number of nitrogens with one attached hydrogen (secondary N) is 1. The third-order valence-corrected chi connectivity index (χ3v) is 2.29. The maximum Gasteiger partial charge on any atom is 0.307 e. The van der Waals surface area contributed by atoms with Crippen molar-refractivity contribution in [2.24, 2.45) is 0 Å². The lowest BCUT2D eigenvalue weighted by Gasteiger charge is -2.06. The molecule has 0 unspecified atom stereocenters. The minimum absolute atomic E-state index is 0.0149. The van der Waals surface area contributed by atoms with Gasteiger partial charge < -0.3 is 10.1 Å². The normalized spacial score (nSPS) is 9.94. The Morgan fingerprint density at radius 1 is 1.39 bits per heavy atom. The van der Waals surface area contributed by atoms with Gasteiger partial charge in [-0.25, -0.2) is 4.39 Å². The summed E-state index contributed by atoms with van der Waals surface area (Å²) in [5.74, 6) is -1.49. The Bertz CT molecular complexity index is 446. The van der Waals surface area contributed by atoms with Gasteiger partial charge in [0.1, 0.15) is 5.82 Å². The SMILES string of the molecule is CCOC(=O)CCNC(=O)c1cc(C)ccc1F. The van der Waals surface area contributed by atoms with Crippen molar-refractivity contribution in [3.8, 4) is 0 Å². The van der Waals surface area contributed by atoms with Gasteiger partial charge in [0.2, 0.25) is 0 Å². The first-order valence-corrected chi connectivity index (χ1v) is 5.74. The topological polar surface area (TPSA) is 55.4 Å². The maximum absolute atomic E-state index is 13.4. The van der Waals surface area contributed by atoms with E-state index in [1.54, 1.807) is 19.9 Å². The largest absolute Gasteiger partial charge is 0.466 e. The molecule has 0 radical (unpaired) electrons. The van der Waals surface area contributed by atoms with E-state index in [9.17, 15) is 14.0 Å². The third kappa shape index (κ3) is 4.16. The van der Waals surface area contributed by atoms with E-state index < -0.39 is 11.7 Å². The fourth-order valence-corrected chi connectivity index (χ4v) is 1.42. The Labute approximate surface area is 105 Å². The molecule has 18 heavy (non-hydrogen) atoms. The molecule has 0 aromatic heterocycles. The van der Waals surface area contributed by atoms with Crippen molar-refractivity contribution in [1.82, 2.24) is 5.32 Å². The Morgan fingerprint density at radius 3 is 2.78 bits per heavy atom. The van der Waals surface area contributed by atoms with Gasteiger partial charge in [-0.1, -0.05) is 11.6 Å². The summed E-state index contributed by atoms with van der Waals surface area (Å²) in [6, 6.07) is 4.30. The Balaban J connectivity index is 2.50. The maximum atomic E-state index is 13.4. The summed E-state index contributed by atoms with van der Waals surface area (Å²) in [5, 5.41) is 2.48. The summed E-state index contributed by atoms with van der Waals surface area (Å²) in [5.41, 5.74) is 0.783. The zero-order valence-corrected chi connectivity index (χ0v) is 10.5.